The van der Waals surface area contributed by atoms with Gasteiger partial charge >= 0.3 is 0 Å². The highest BCUT2D eigenvalue weighted by atomic mass is 32.1. The lowest BCUT2D eigenvalue weighted by atomic mass is 9.92. The molecule has 0 atom stereocenters. The fourth-order valence-electron chi connectivity index (χ4n) is 4.13. The molecule has 2 aromatic carbocycles. The Labute approximate surface area is 179 Å². The van der Waals surface area contributed by atoms with Gasteiger partial charge in [0.25, 0.3) is 5.91 Å². The zero-order valence-corrected chi connectivity index (χ0v) is 18.3. The smallest absolute Gasteiger partial charge is 0.257 e. The van der Waals surface area contributed by atoms with Crippen LogP contribution in [0, 0.1) is 20.8 Å². The summed E-state index contributed by atoms with van der Waals surface area (Å²) in [5.41, 5.74) is 7.41. The molecule has 6 heteroatoms. The molecule has 5 rings (SSSR count). The Kier molecular flexibility index (Phi) is 4.66. The van der Waals surface area contributed by atoms with Crippen molar-refractivity contribution in [2.75, 3.05) is 5.32 Å². The van der Waals surface area contributed by atoms with Crippen molar-refractivity contribution in [1.29, 1.82) is 0 Å². The molecule has 152 valence electrons. The number of hydrogen-bond acceptors (Lipinski definition) is 4. The molecule has 5 nitrogen and oxygen atoms in total. The molecule has 1 aliphatic carbocycles. The van der Waals surface area contributed by atoms with Crippen molar-refractivity contribution in [3.63, 3.8) is 0 Å². The highest BCUT2D eigenvalue weighted by Gasteiger charge is 2.18. The van der Waals surface area contributed by atoms with Crippen LogP contribution in [-0.4, -0.2) is 20.7 Å². The molecular formula is C24H24N4OS. The second-order valence-electron chi connectivity index (χ2n) is 8.15. The monoisotopic (exact) mass is 416 g/mol. The Morgan fingerprint density at radius 2 is 1.80 bits per heavy atom. The maximum absolute atomic E-state index is 13.0. The number of nitrogens with one attached hydrogen (secondary N) is 1. The lowest BCUT2D eigenvalue weighted by Gasteiger charge is -2.14. The number of hydrogen-bond donors (Lipinski definition) is 1. The van der Waals surface area contributed by atoms with Crippen LogP contribution in [0.25, 0.3) is 15.3 Å². The number of nitrogens with zero attached hydrogens (tertiary/aromatic N) is 3. The van der Waals surface area contributed by atoms with Crippen LogP contribution in [0.15, 0.2) is 36.4 Å². The quantitative estimate of drug-likeness (QED) is 0.477. The highest BCUT2D eigenvalue weighted by Crippen LogP contribution is 2.32. The summed E-state index contributed by atoms with van der Waals surface area (Å²) < 4.78 is 2.92. The molecule has 0 fully saturated rings. The van der Waals surface area contributed by atoms with Gasteiger partial charge in [-0.3, -0.25) is 4.79 Å². The van der Waals surface area contributed by atoms with Gasteiger partial charge in [0.2, 0.25) is 5.13 Å². The number of rotatable bonds is 3. The third-order valence-electron chi connectivity index (χ3n) is 5.73. The average molecular weight is 417 g/mol. The first-order valence-electron chi connectivity index (χ1n) is 10.4. The molecule has 30 heavy (non-hydrogen) atoms. The lowest BCUT2D eigenvalue weighted by Crippen LogP contribution is -2.16. The predicted molar refractivity (Wildman–Crippen MR) is 122 cm³/mol. The number of thiazole rings is 1. The van der Waals surface area contributed by atoms with Crippen LogP contribution >= 0.6 is 11.3 Å². The maximum Gasteiger partial charge on any atom is 0.257 e. The Hall–Kier alpha value is -2.99. The van der Waals surface area contributed by atoms with Gasteiger partial charge in [-0.25, -0.2) is 4.98 Å². The van der Waals surface area contributed by atoms with Crippen LogP contribution in [0.5, 0.6) is 0 Å². The van der Waals surface area contributed by atoms with Gasteiger partial charge in [0.1, 0.15) is 5.82 Å². The third-order valence-corrected chi connectivity index (χ3v) is 6.73. The molecule has 0 unspecified atom stereocenters. The van der Waals surface area contributed by atoms with E-state index in [4.69, 9.17) is 4.98 Å². The second kappa shape index (κ2) is 7.36. The van der Waals surface area contributed by atoms with Crippen LogP contribution in [0.2, 0.25) is 0 Å². The van der Waals surface area contributed by atoms with Gasteiger partial charge in [-0.1, -0.05) is 29.0 Å². The normalized spacial score (nSPS) is 13.4. The minimum absolute atomic E-state index is 0.131. The van der Waals surface area contributed by atoms with E-state index in [1.165, 1.54) is 28.7 Å². The van der Waals surface area contributed by atoms with E-state index in [-0.39, 0.29) is 5.91 Å². The topological polar surface area (TPSA) is 59.8 Å². The molecular weight excluding hydrogens is 392 g/mol. The minimum Gasteiger partial charge on any atom is -0.306 e. The molecule has 1 amide bonds. The first-order chi connectivity index (χ1) is 14.5. The number of carbonyl (C=O) groups excluding carboxylic acids is 1. The van der Waals surface area contributed by atoms with Crippen molar-refractivity contribution in [1.82, 2.24) is 14.8 Å². The van der Waals surface area contributed by atoms with E-state index in [1.807, 2.05) is 45.0 Å². The zero-order chi connectivity index (χ0) is 20.8. The fourth-order valence-corrected chi connectivity index (χ4v) is 5.11. The zero-order valence-electron chi connectivity index (χ0n) is 17.5. The molecule has 0 saturated carbocycles. The van der Waals surface area contributed by atoms with E-state index in [2.05, 4.69) is 22.5 Å². The van der Waals surface area contributed by atoms with Crippen molar-refractivity contribution in [3.8, 4) is 5.13 Å². The standard InChI is InChI=1S/C24H24N4OS/c1-14-8-9-15(2)19(10-14)23(29)26-22-11-16(3)27-28(22)24-25-20-12-17-6-4-5-7-18(17)13-21(20)30-24/h8-13H,4-7H2,1-3H3,(H,26,29). The molecule has 0 aliphatic heterocycles. The predicted octanol–water partition coefficient (Wildman–Crippen LogP) is 5.54. The van der Waals surface area contributed by atoms with Gasteiger partial charge in [0.15, 0.2) is 0 Å². The summed E-state index contributed by atoms with van der Waals surface area (Å²) in [4.78, 5) is 17.8. The number of aryl methyl sites for hydroxylation is 5. The summed E-state index contributed by atoms with van der Waals surface area (Å²) in [6.07, 6.45) is 4.80. The summed E-state index contributed by atoms with van der Waals surface area (Å²) in [5, 5.41) is 8.43. The van der Waals surface area contributed by atoms with Crippen molar-refractivity contribution >= 4 is 33.3 Å². The minimum atomic E-state index is -0.131. The molecule has 1 N–H and O–H groups in total. The number of anilines is 1. The summed E-state index contributed by atoms with van der Waals surface area (Å²) >= 11 is 1.62. The third kappa shape index (κ3) is 3.41. The number of amides is 1. The number of fused-ring (bicyclic) bond motifs is 2. The van der Waals surface area contributed by atoms with E-state index in [9.17, 15) is 4.79 Å². The van der Waals surface area contributed by atoms with E-state index < -0.39 is 0 Å². The largest absolute Gasteiger partial charge is 0.306 e. The van der Waals surface area contributed by atoms with Gasteiger partial charge in [-0.05, 0) is 81.3 Å². The molecule has 0 bridgehead atoms. The van der Waals surface area contributed by atoms with Crippen LogP contribution in [0.1, 0.15) is 51.1 Å². The Bertz CT molecular complexity index is 1240. The Balaban J connectivity index is 1.52. The molecule has 2 aromatic heterocycles. The molecule has 1 aliphatic rings. The summed E-state index contributed by atoms with van der Waals surface area (Å²) in [5.74, 6) is 0.510. The molecule has 2 heterocycles. The fraction of sp³-hybridized carbons (Fsp3) is 0.292. The first-order valence-corrected chi connectivity index (χ1v) is 11.2. The van der Waals surface area contributed by atoms with Gasteiger partial charge in [-0.15, -0.1) is 0 Å². The van der Waals surface area contributed by atoms with Crippen molar-refractivity contribution in [3.05, 3.63) is 69.9 Å². The van der Waals surface area contributed by atoms with Gasteiger partial charge in [-0.2, -0.15) is 9.78 Å². The van der Waals surface area contributed by atoms with Crippen molar-refractivity contribution in [2.24, 2.45) is 0 Å². The van der Waals surface area contributed by atoms with Crippen molar-refractivity contribution < 1.29 is 4.79 Å². The van der Waals surface area contributed by atoms with Crippen LogP contribution < -0.4 is 5.32 Å². The van der Waals surface area contributed by atoms with Crippen LogP contribution in [0.3, 0.4) is 0 Å². The molecule has 0 spiro atoms. The van der Waals surface area contributed by atoms with Gasteiger partial charge in [0.05, 0.1) is 15.9 Å². The Morgan fingerprint density at radius 3 is 2.60 bits per heavy atom. The van der Waals surface area contributed by atoms with Crippen LogP contribution in [0.4, 0.5) is 5.82 Å². The van der Waals surface area contributed by atoms with E-state index >= 15 is 0 Å². The van der Waals surface area contributed by atoms with Gasteiger partial charge in [0, 0.05) is 11.6 Å². The molecule has 0 saturated heterocycles. The van der Waals surface area contributed by atoms with Crippen molar-refractivity contribution in [2.45, 2.75) is 46.5 Å². The molecule has 4 aromatic rings. The number of aromatic nitrogens is 3. The number of carbonyl (C=O) groups is 1. The SMILES string of the molecule is Cc1ccc(C)c(C(=O)Nc2cc(C)nn2-c2nc3cc4c(cc3s2)CCCC4)c1. The lowest BCUT2D eigenvalue weighted by molar-refractivity contribution is 0.102. The van der Waals surface area contributed by atoms with E-state index in [0.717, 1.165) is 40.3 Å². The summed E-state index contributed by atoms with van der Waals surface area (Å²) in [6.45, 7) is 5.87. The highest BCUT2D eigenvalue weighted by molar-refractivity contribution is 7.20. The first kappa shape index (κ1) is 19.0. The summed E-state index contributed by atoms with van der Waals surface area (Å²) in [6, 6.07) is 12.3. The second-order valence-corrected chi connectivity index (χ2v) is 9.16. The maximum atomic E-state index is 13.0. The number of benzene rings is 2. The summed E-state index contributed by atoms with van der Waals surface area (Å²) in [7, 11) is 0. The molecule has 0 radical (unpaired) electrons. The van der Waals surface area contributed by atoms with Crippen LogP contribution in [-0.2, 0) is 12.8 Å². The van der Waals surface area contributed by atoms with Gasteiger partial charge < -0.3 is 5.32 Å². The van der Waals surface area contributed by atoms with E-state index in [0.29, 0.717) is 11.4 Å². The average Bonchev–Trinajstić information content (AvgIpc) is 3.30. The van der Waals surface area contributed by atoms with E-state index in [1.54, 1.807) is 16.0 Å². The Morgan fingerprint density at radius 1 is 1.03 bits per heavy atom.